The number of nitrogens with zero attached hydrogens (tertiary/aromatic N) is 2. The third kappa shape index (κ3) is 2.77. The normalized spacial score (nSPS) is 9.90. The molecule has 0 spiro atoms. The fraction of sp³-hybridized carbons (Fsp3) is 0.125. The first-order chi connectivity index (χ1) is 9.96. The lowest BCUT2D eigenvalue weighted by atomic mass is 9.94. The van der Waals surface area contributed by atoms with Gasteiger partial charge in [0.1, 0.15) is 17.4 Å². The summed E-state index contributed by atoms with van der Waals surface area (Å²) in [6.07, 6.45) is 0.109. The number of hydrogen-bond acceptors (Lipinski definition) is 4. The number of hydrogen-bond donors (Lipinski definition) is 2. The molecule has 0 bridgehead atoms. The van der Waals surface area contributed by atoms with Crippen LogP contribution in [0.15, 0.2) is 24.3 Å². The summed E-state index contributed by atoms with van der Waals surface area (Å²) in [5, 5.41) is 37.5. The van der Waals surface area contributed by atoms with Crippen LogP contribution in [0.5, 0.6) is 11.5 Å². The molecular weight excluding hydrogens is 271 g/mol. The van der Waals surface area contributed by atoms with Crippen LogP contribution < -0.4 is 0 Å². The van der Waals surface area contributed by atoms with E-state index in [0.717, 1.165) is 6.07 Å². The zero-order chi connectivity index (χ0) is 15.6. The maximum absolute atomic E-state index is 13.4. The van der Waals surface area contributed by atoms with Crippen LogP contribution in [0.2, 0.25) is 0 Å². The molecule has 0 heterocycles. The van der Waals surface area contributed by atoms with Crippen molar-refractivity contribution in [1.29, 1.82) is 10.5 Å². The second kappa shape index (κ2) is 5.52. The van der Waals surface area contributed by atoms with E-state index in [1.165, 1.54) is 12.1 Å². The summed E-state index contributed by atoms with van der Waals surface area (Å²) in [5.41, 5.74) is 1.45. The van der Waals surface area contributed by atoms with E-state index in [1.807, 2.05) is 6.07 Å². The van der Waals surface area contributed by atoms with E-state index in [9.17, 15) is 14.6 Å². The second-order valence-electron chi connectivity index (χ2n) is 4.68. The highest BCUT2D eigenvalue weighted by molar-refractivity contribution is 5.62. The van der Waals surface area contributed by atoms with E-state index in [4.69, 9.17) is 10.5 Å². The van der Waals surface area contributed by atoms with Gasteiger partial charge in [-0.1, -0.05) is 6.07 Å². The molecule has 104 valence electrons. The number of halogens is 1. The van der Waals surface area contributed by atoms with Gasteiger partial charge in [0.15, 0.2) is 11.5 Å². The fourth-order valence-electron chi connectivity index (χ4n) is 2.22. The van der Waals surface area contributed by atoms with Gasteiger partial charge in [0.2, 0.25) is 0 Å². The van der Waals surface area contributed by atoms with Crippen LogP contribution in [-0.2, 0) is 6.42 Å². The first kappa shape index (κ1) is 14.4. The van der Waals surface area contributed by atoms with Crippen molar-refractivity contribution in [1.82, 2.24) is 0 Å². The highest BCUT2D eigenvalue weighted by atomic mass is 19.1. The Morgan fingerprint density at radius 2 is 1.81 bits per heavy atom. The van der Waals surface area contributed by atoms with Gasteiger partial charge in [-0.15, -0.1) is 0 Å². The van der Waals surface area contributed by atoms with Gasteiger partial charge in [0.05, 0.1) is 11.6 Å². The van der Waals surface area contributed by atoms with E-state index in [1.54, 1.807) is 19.1 Å². The minimum atomic E-state index is -0.570. The largest absolute Gasteiger partial charge is 0.504 e. The van der Waals surface area contributed by atoms with Crippen molar-refractivity contribution >= 4 is 0 Å². The molecule has 2 N–H and O–H groups in total. The maximum Gasteiger partial charge on any atom is 0.175 e. The topological polar surface area (TPSA) is 88.0 Å². The summed E-state index contributed by atoms with van der Waals surface area (Å²) in [7, 11) is 0. The number of phenols is 2. The van der Waals surface area contributed by atoms with Crippen LogP contribution in [0.3, 0.4) is 0 Å². The molecule has 0 saturated heterocycles. The Balaban J connectivity index is 2.61. The Labute approximate surface area is 120 Å². The number of nitriles is 2. The van der Waals surface area contributed by atoms with Gasteiger partial charge in [-0.3, -0.25) is 0 Å². The highest BCUT2D eigenvalue weighted by Crippen LogP contribution is 2.34. The van der Waals surface area contributed by atoms with Crippen molar-refractivity contribution in [2.45, 2.75) is 13.3 Å². The van der Waals surface area contributed by atoms with Gasteiger partial charge in [-0.2, -0.15) is 10.5 Å². The Kier molecular flexibility index (Phi) is 3.77. The Morgan fingerprint density at radius 3 is 2.38 bits per heavy atom. The molecule has 0 aliphatic heterocycles. The molecule has 4 nitrogen and oxygen atoms in total. The fourth-order valence-corrected chi connectivity index (χ4v) is 2.22. The Hall–Kier alpha value is -3.05. The molecule has 21 heavy (non-hydrogen) atoms. The molecule has 0 unspecified atom stereocenters. The predicted molar refractivity (Wildman–Crippen MR) is 73.1 cm³/mol. The molecule has 5 heteroatoms. The first-order valence-corrected chi connectivity index (χ1v) is 6.10. The zero-order valence-corrected chi connectivity index (χ0v) is 11.2. The zero-order valence-electron chi connectivity index (χ0n) is 11.2. The number of rotatable bonds is 2. The Bertz CT molecular complexity index is 781. The van der Waals surface area contributed by atoms with Gasteiger partial charge in [0, 0.05) is 12.5 Å². The van der Waals surface area contributed by atoms with Crippen molar-refractivity contribution in [3.63, 3.8) is 0 Å². The average molecular weight is 282 g/mol. The SMILES string of the molecule is Cc1cc(F)cc(Cc2c(C#N)cc(O)c(O)c2C#N)c1. The monoisotopic (exact) mass is 282 g/mol. The average Bonchev–Trinajstić information content (AvgIpc) is 2.42. The third-order valence-corrected chi connectivity index (χ3v) is 3.10. The summed E-state index contributed by atoms with van der Waals surface area (Å²) >= 11 is 0. The molecule has 2 rings (SSSR count). The molecule has 0 atom stereocenters. The van der Waals surface area contributed by atoms with Crippen molar-refractivity contribution in [3.8, 4) is 23.6 Å². The Morgan fingerprint density at radius 1 is 1.10 bits per heavy atom. The van der Waals surface area contributed by atoms with Gasteiger partial charge in [-0.25, -0.2) is 4.39 Å². The maximum atomic E-state index is 13.4. The minimum absolute atomic E-state index is 0.0729. The molecule has 0 amide bonds. The van der Waals surface area contributed by atoms with Gasteiger partial charge < -0.3 is 10.2 Å². The molecule has 0 saturated carbocycles. The number of phenolic OH excluding ortho intramolecular Hbond substituents is 2. The lowest BCUT2D eigenvalue weighted by Gasteiger charge is -2.10. The highest BCUT2D eigenvalue weighted by Gasteiger charge is 2.18. The summed E-state index contributed by atoms with van der Waals surface area (Å²) in [4.78, 5) is 0. The van der Waals surface area contributed by atoms with Crippen LogP contribution in [0, 0.1) is 35.4 Å². The molecule has 2 aromatic carbocycles. The minimum Gasteiger partial charge on any atom is -0.504 e. The van der Waals surface area contributed by atoms with E-state index in [2.05, 4.69) is 0 Å². The van der Waals surface area contributed by atoms with Gasteiger partial charge in [0.25, 0.3) is 0 Å². The van der Waals surface area contributed by atoms with E-state index in [-0.39, 0.29) is 23.1 Å². The van der Waals surface area contributed by atoms with E-state index < -0.39 is 17.3 Å². The lowest BCUT2D eigenvalue weighted by Crippen LogP contribution is -1.99. The molecule has 0 aliphatic carbocycles. The summed E-state index contributed by atoms with van der Waals surface area (Å²) in [6, 6.07) is 9.15. The second-order valence-corrected chi connectivity index (χ2v) is 4.68. The predicted octanol–water partition coefficient (Wildman–Crippen LogP) is 2.88. The standard InChI is InChI=1S/C16H11FN2O2/c1-9-2-10(4-12(17)3-9)5-13-11(7-18)6-15(20)16(21)14(13)8-19/h2-4,6,20-21H,5H2,1H3. The molecule has 0 radical (unpaired) electrons. The summed E-state index contributed by atoms with van der Waals surface area (Å²) in [5.74, 6) is -1.51. The summed E-state index contributed by atoms with van der Waals surface area (Å²) < 4.78 is 13.4. The van der Waals surface area contributed by atoms with Gasteiger partial charge in [-0.05, 0) is 35.7 Å². The molecule has 2 aromatic rings. The van der Waals surface area contributed by atoms with Crippen molar-refractivity contribution in [3.05, 3.63) is 57.9 Å². The van der Waals surface area contributed by atoms with Crippen LogP contribution in [0.1, 0.15) is 27.8 Å². The van der Waals surface area contributed by atoms with Gasteiger partial charge >= 0.3 is 0 Å². The molecule has 0 aromatic heterocycles. The van der Waals surface area contributed by atoms with Crippen molar-refractivity contribution in [2.75, 3.05) is 0 Å². The molecular formula is C16H11FN2O2. The van der Waals surface area contributed by atoms with Crippen LogP contribution >= 0.6 is 0 Å². The number of aromatic hydroxyl groups is 2. The smallest absolute Gasteiger partial charge is 0.175 e. The van der Waals surface area contributed by atoms with Crippen LogP contribution in [0.4, 0.5) is 4.39 Å². The van der Waals surface area contributed by atoms with Crippen LogP contribution in [-0.4, -0.2) is 10.2 Å². The first-order valence-electron chi connectivity index (χ1n) is 6.10. The molecule has 0 aliphatic rings. The third-order valence-electron chi connectivity index (χ3n) is 3.10. The van der Waals surface area contributed by atoms with Crippen molar-refractivity contribution in [2.24, 2.45) is 0 Å². The van der Waals surface area contributed by atoms with E-state index >= 15 is 0 Å². The lowest BCUT2D eigenvalue weighted by molar-refractivity contribution is 0.402. The quantitative estimate of drug-likeness (QED) is 0.829. The summed E-state index contributed by atoms with van der Waals surface area (Å²) in [6.45, 7) is 1.73. The van der Waals surface area contributed by atoms with Crippen LogP contribution in [0.25, 0.3) is 0 Å². The number of benzene rings is 2. The molecule has 0 fully saturated rings. The van der Waals surface area contributed by atoms with Crippen molar-refractivity contribution < 1.29 is 14.6 Å². The van der Waals surface area contributed by atoms with E-state index in [0.29, 0.717) is 11.1 Å². The number of aryl methyl sites for hydroxylation is 1.